The highest BCUT2D eigenvalue weighted by molar-refractivity contribution is 6.41. The van der Waals surface area contributed by atoms with Gasteiger partial charge in [0.2, 0.25) is 0 Å². The maximum Gasteiger partial charge on any atom is 0.168 e. The Labute approximate surface area is 105 Å². The SMILES string of the molecule is CCOC(C)BC(C)(C)c1cc(F)ccc1C. The standard InChI is InChI=1S/C14H22BFO/c1-6-17-11(3)15-14(4,5)13-9-12(16)8-7-10(13)2/h7-9,11,15H,6H2,1-5H3. The highest BCUT2D eigenvalue weighted by Gasteiger charge is 2.27. The number of halogens is 1. The van der Waals surface area contributed by atoms with Gasteiger partial charge in [-0.1, -0.05) is 19.9 Å². The first-order valence-electron chi connectivity index (χ1n) is 6.25. The van der Waals surface area contributed by atoms with Crippen LogP contribution in [0.5, 0.6) is 0 Å². The van der Waals surface area contributed by atoms with Gasteiger partial charge in [0.15, 0.2) is 7.28 Å². The van der Waals surface area contributed by atoms with Crippen LogP contribution >= 0.6 is 0 Å². The molecule has 0 aliphatic carbocycles. The Balaban J connectivity index is 2.91. The summed E-state index contributed by atoms with van der Waals surface area (Å²) in [6.45, 7) is 11.1. The van der Waals surface area contributed by atoms with Crippen molar-refractivity contribution in [3.8, 4) is 0 Å². The van der Waals surface area contributed by atoms with Gasteiger partial charge in [-0.3, -0.25) is 0 Å². The third-order valence-corrected chi connectivity index (χ3v) is 3.18. The summed E-state index contributed by atoms with van der Waals surface area (Å²) < 4.78 is 18.9. The number of rotatable bonds is 5. The number of aryl methyl sites for hydroxylation is 1. The molecular weight excluding hydrogens is 214 g/mol. The summed E-state index contributed by atoms with van der Waals surface area (Å²) in [7, 11) is 0.894. The van der Waals surface area contributed by atoms with Crippen LogP contribution in [0.4, 0.5) is 4.39 Å². The molecule has 0 amide bonds. The van der Waals surface area contributed by atoms with Gasteiger partial charge in [0.1, 0.15) is 5.82 Å². The Morgan fingerprint density at radius 2 is 2.06 bits per heavy atom. The van der Waals surface area contributed by atoms with Crippen LogP contribution in [0.2, 0.25) is 0 Å². The second kappa shape index (κ2) is 5.68. The first-order valence-corrected chi connectivity index (χ1v) is 6.25. The Bertz CT molecular complexity index is 376. The molecule has 1 aromatic rings. The molecule has 17 heavy (non-hydrogen) atoms. The van der Waals surface area contributed by atoms with Crippen molar-refractivity contribution in [1.82, 2.24) is 0 Å². The average Bonchev–Trinajstić information content (AvgIpc) is 2.21. The van der Waals surface area contributed by atoms with Gasteiger partial charge in [0.25, 0.3) is 0 Å². The predicted molar refractivity (Wildman–Crippen MR) is 72.4 cm³/mol. The zero-order valence-electron chi connectivity index (χ0n) is 11.5. The predicted octanol–water partition coefficient (Wildman–Crippen LogP) is 3.19. The van der Waals surface area contributed by atoms with Gasteiger partial charge in [-0.15, -0.1) is 0 Å². The van der Waals surface area contributed by atoms with E-state index in [0.717, 1.165) is 25.0 Å². The fourth-order valence-corrected chi connectivity index (χ4v) is 2.50. The van der Waals surface area contributed by atoms with Crippen molar-refractivity contribution in [2.24, 2.45) is 0 Å². The zero-order chi connectivity index (χ0) is 13.1. The van der Waals surface area contributed by atoms with E-state index in [0.29, 0.717) is 0 Å². The van der Waals surface area contributed by atoms with Gasteiger partial charge < -0.3 is 4.74 Å². The molecule has 0 heterocycles. The van der Waals surface area contributed by atoms with Crippen molar-refractivity contribution in [2.75, 3.05) is 6.61 Å². The van der Waals surface area contributed by atoms with Crippen LogP contribution in [0.25, 0.3) is 0 Å². The Kier molecular flexibility index (Phi) is 4.75. The number of hydrogen-bond acceptors (Lipinski definition) is 1. The van der Waals surface area contributed by atoms with Gasteiger partial charge in [-0.2, -0.15) is 0 Å². The van der Waals surface area contributed by atoms with E-state index < -0.39 is 0 Å². The Morgan fingerprint density at radius 1 is 1.41 bits per heavy atom. The van der Waals surface area contributed by atoms with E-state index >= 15 is 0 Å². The van der Waals surface area contributed by atoms with Crippen LogP contribution in [0, 0.1) is 12.7 Å². The van der Waals surface area contributed by atoms with E-state index in [1.54, 1.807) is 6.07 Å². The summed E-state index contributed by atoms with van der Waals surface area (Å²) >= 11 is 0. The van der Waals surface area contributed by atoms with Crippen molar-refractivity contribution in [3.63, 3.8) is 0 Å². The molecule has 1 aromatic carbocycles. The smallest absolute Gasteiger partial charge is 0.168 e. The Hall–Kier alpha value is -0.825. The minimum Gasteiger partial charge on any atom is -0.387 e. The number of hydrogen-bond donors (Lipinski definition) is 0. The third kappa shape index (κ3) is 3.84. The molecule has 0 spiro atoms. The molecule has 0 aliphatic heterocycles. The largest absolute Gasteiger partial charge is 0.387 e. The molecule has 0 fully saturated rings. The molecule has 0 aliphatic rings. The summed E-state index contributed by atoms with van der Waals surface area (Å²) in [5.41, 5.74) is 2.21. The van der Waals surface area contributed by atoms with Crippen molar-refractivity contribution >= 4 is 7.28 Å². The van der Waals surface area contributed by atoms with Crippen LogP contribution < -0.4 is 0 Å². The van der Waals surface area contributed by atoms with Gasteiger partial charge >= 0.3 is 0 Å². The van der Waals surface area contributed by atoms with Crippen molar-refractivity contribution in [1.29, 1.82) is 0 Å². The quantitative estimate of drug-likeness (QED) is 0.713. The average molecular weight is 236 g/mol. The summed E-state index contributed by atoms with van der Waals surface area (Å²) in [4.78, 5) is 0. The summed E-state index contributed by atoms with van der Waals surface area (Å²) in [6, 6.07) is 5.20. The molecule has 0 saturated carbocycles. The summed E-state index contributed by atoms with van der Waals surface area (Å²) in [6.07, 6.45) is 0. The van der Waals surface area contributed by atoms with Gasteiger partial charge in [0.05, 0.1) is 0 Å². The normalized spacial score (nSPS) is 13.5. The Morgan fingerprint density at radius 3 is 2.65 bits per heavy atom. The van der Waals surface area contributed by atoms with Crippen LogP contribution in [-0.4, -0.2) is 19.9 Å². The minimum atomic E-state index is -0.164. The van der Waals surface area contributed by atoms with E-state index in [4.69, 9.17) is 4.74 Å². The number of ether oxygens (including phenoxy) is 1. The molecule has 0 saturated heterocycles. The maximum absolute atomic E-state index is 13.3. The monoisotopic (exact) mass is 236 g/mol. The van der Waals surface area contributed by atoms with Crippen LogP contribution in [0.15, 0.2) is 18.2 Å². The molecule has 0 N–H and O–H groups in total. The van der Waals surface area contributed by atoms with E-state index in [-0.39, 0.29) is 17.1 Å². The minimum absolute atomic E-state index is 0.0687. The van der Waals surface area contributed by atoms with Gasteiger partial charge in [0, 0.05) is 12.6 Å². The molecule has 3 heteroatoms. The zero-order valence-corrected chi connectivity index (χ0v) is 11.5. The second-order valence-corrected chi connectivity index (χ2v) is 5.31. The van der Waals surface area contributed by atoms with Crippen molar-refractivity contribution in [3.05, 3.63) is 35.1 Å². The molecule has 0 radical (unpaired) electrons. The maximum atomic E-state index is 13.3. The summed E-state index contributed by atoms with van der Waals surface area (Å²) in [5, 5.41) is -0.0687. The van der Waals surface area contributed by atoms with Gasteiger partial charge in [-0.25, -0.2) is 4.39 Å². The number of benzene rings is 1. The highest BCUT2D eigenvalue weighted by Crippen LogP contribution is 2.27. The van der Waals surface area contributed by atoms with Crippen LogP contribution in [-0.2, 0) is 10.1 Å². The van der Waals surface area contributed by atoms with Crippen molar-refractivity contribution < 1.29 is 9.13 Å². The van der Waals surface area contributed by atoms with E-state index in [1.807, 2.05) is 19.9 Å². The highest BCUT2D eigenvalue weighted by atomic mass is 19.1. The lowest BCUT2D eigenvalue weighted by Crippen LogP contribution is -2.35. The van der Waals surface area contributed by atoms with E-state index in [2.05, 4.69) is 20.8 Å². The lowest BCUT2D eigenvalue weighted by atomic mass is 9.48. The molecule has 1 unspecified atom stereocenters. The first kappa shape index (κ1) is 14.2. The molecule has 0 bridgehead atoms. The fraction of sp³-hybridized carbons (Fsp3) is 0.571. The van der Waals surface area contributed by atoms with E-state index in [9.17, 15) is 4.39 Å². The van der Waals surface area contributed by atoms with E-state index in [1.165, 1.54) is 6.07 Å². The second-order valence-electron chi connectivity index (χ2n) is 5.31. The summed E-state index contributed by atoms with van der Waals surface area (Å²) in [5.74, 6) is -0.164. The molecule has 0 aromatic heterocycles. The van der Waals surface area contributed by atoms with Crippen molar-refractivity contribution in [2.45, 2.75) is 45.9 Å². The van der Waals surface area contributed by atoms with Crippen LogP contribution in [0.1, 0.15) is 38.8 Å². The molecule has 94 valence electrons. The molecular formula is C14H22BFO. The fourth-order valence-electron chi connectivity index (χ4n) is 2.50. The topological polar surface area (TPSA) is 9.23 Å². The van der Waals surface area contributed by atoms with Gasteiger partial charge in [-0.05, 0) is 49.3 Å². The lowest BCUT2D eigenvalue weighted by Gasteiger charge is -2.29. The molecule has 1 rings (SSSR count). The third-order valence-electron chi connectivity index (χ3n) is 3.18. The molecule has 1 atom stereocenters. The first-order chi connectivity index (χ1) is 7.86. The lowest BCUT2D eigenvalue weighted by molar-refractivity contribution is 0.127. The van der Waals surface area contributed by atoms with Crippen LogP contribution in [0.3, 0.4) is 0 Å². The molecule has 1 nitrogen and oxygen atoms in total.